The van der Waals surface area contributed by atoms with Crippen molar-refractivity contribution in [2.45, 2.75) is 0 Å². The molecule has 5 nitrogen and oxygen atoms in total. The Morgan fingerprint density at radius 1 is 1.47 bits per heavy atom. The number of nitrogen functional groups attached to an aromatic ring is 1. The molecule has 2 amide bonds. The van der Waals surface area contributed by atoms with Crippen molar-refractivity contribution < 1.29 is 9.59 Å². The molecule has 1 aromatic rings. The fourth-order valence-corrected chi connectivity index (χ4v) is 2.00. The quantitative estimate of drug-likeness (QED) is 0.716. The van der Waals surface area contributed by atoms with E-state index in [4.69, 9.17) is 17.3 Å². The molecule has 0 atom stereocenters. The van der Waals surface area contributed by atoms with Crippen LogP contribution in [0.5, 0.6) is 0 Å². The molecule has 17 heavy (non-hydrogen) atoms. The van der Waals surface area contributed by atoms with Crippen LogP contribution in [0.1, 0.15) is 10.4 Å². The van der Waals surface area contributed by atoms with Gasteiger partial charge in [0.05, 0.1) is 17.1 Å². The molecular weight excluding hydrogens is 242 g/mol. The van der Waals surface area contributed by atoms with Crippen molar-refractivity contribution in [2.75, 3.05) is 25.4 Å². The van der Waals surface area contributed by atoms with Crippen LogP contribution in [0, 0.1) is 0 Å². The predicted octanol–water partition coefficient (Wildman–Crippen LogP) is 0.494. The fourth-order valence-electron chi connectivity index (χ4n) is 1.74. The number of nitrogens with two attached hydrogens (primary N) is 1. The summed E-state index contributed by atoms with van der Waals surface area (Å²) in [5.74, 6) is -0.474. The molecule has 1 heterocycles. The Bertz CT molecular complexity index is 456. The first-order valence-corrected chi connectivity index (χ1v) is 5.57. The highest BCUT2D eigenvalue weighted by atomic mass is 35.5. The first-order chi connectivity index (χ1) is 8.09. The fraction of sp³-hybridized carbons (Fsp3) is 0.273. The number of halogens is 1. The lowest BCUT2D eigenvalue weighted by Gasteiger charge is -2.27. The molecule has 3 N–H and O–H groups in total. The molecule has 0 saturated carbocycles. The van der Waals surface area contributed by atoms with E-state index in [0.717, 1.165) is 0 Å². The molecule has 2 rings (SSSR count). The molecular formula is C11H12ClN3O2. The van der Waals surface area contributed by atoms with Crippen molar-refractivity contribution in [3.05, 3.63) is 28.8 Å². The van der Waals surface area contributed by atoms with Gasteiger partial charge in [-0.3, -0.25) is 9.59 Å². The van der Waals surface area contributed by atoms with Crippen LogP contribution < -0.4 is 11.1 Å². The van der Waals surface area contributed by atoms with Gasteiger partial charge in [0.1, 0.15) is 0 Å². The van der Waals surface area contributed by atoms with E-state index < -0.39 is 0 Å². The summed E-state index contributed by atoms with van der Waals surface area (Å²) < 4.78 is 0. The van der Waals surface area contributed by atoms with Crippen LogP contribution in [0.2, 0.25) is 5.02 Å². The average Bonchev–Trinajstić information content (AvgIpc) is 2.28. The minimum Gasteiger partial charge on any atom is -0.398 e. The van der Waals surface area contributed by atoms with E-state index in [9.17, 15) is 9.59 Å². The molecule has 90 valence electrons. The number of anilines is 1. The number of piperazine rings is 1. The van der Waals surface area contributed by atoms with Gasteiger partial charge in [0.15, 0.2) is 0 Å². The third-order valence-corrected chi connectivity index (χ3v) is 2.90. The molecule has 0 radical (unpaired) electrons. The zero-order valence-corrected chi connectivity index (χ0v) is 9.83. The van der Waals surface area contributed by atoms with Gasteiger partial charge in [-0.1, -0.05) is 17.7 Å². The van der Waals surface area contributed by atoms with E-state index in [1.54, 1.807) is 18.2 Å². The lowest BCUT2D eigenvalue weighted by molar-refractivity contribution is -0.123. The van der Waals surface area contributed by atoms with Crippen molar-refractivity contribution in [3.8, 4) is 0 Å². The minimum absolute atomic E-state index is 0.0451. The third kappa shape index (κ3) is 2.34. The van der Waals surface area contributed by atoms with E-state index in [1.165, 1.54) is 4.90 Å². The summed E-state index contributed by atoms with van der Waals surface area (Å²) in [4.78, 5) is 24.8. The van der Waals surface area contributed by atoms with Gasteiger partial charge in [-0.15, -0.1) is 0 Å². The summed E-state index contributed by atoms with van der Waals surface area (Å²) in [5, 5.41) is 2.96. The number of carbonyl (C=O) groups is 2. The zero-order chi connectivity index (χ0) is 12.4. The monoisotopic (exact) mass is 253 g/mol. The second-order valence-corrected chi connectivity index (χ2v) is 4.19. The minimum atomic E-state index is -0.303. The van der Waals surface area contributed by atoms with E-state index in [2.05, 4.69) is 5.32 Å². The lowest BCUT2D eigenvalue weighted by Crippen LogP contribution is -2.50. The summed E-state index contributed by atoms with van der Waals surface area (Å²) in [6.07, 6.45) is 0. The topological polar surface area (TPSA) is 75.4 Å². The van der Waals surface area contributed by atoms with E-state index >= 15 is 0 Å². The molecule has 1 aliphatic heterocycles. The normalized spacial score (nSPS) is 15.6. The maximum Gasteiger partial charge on any atom is 0.257 e. The maximum atomic E-state index is 12.2. The molecule has 0 bridgehead atoms. The summed E-state index contributed by atoms with van der Waals surface area (Å²) in [6, 6.07) is 4.90. The van der Waals surface area contributed by atoms with Gasteiger partial charge in [-0.25, -0.2) is 0 Å². The van der Waals surface area contributed by atoms with E-state index in [-0.39, 0.29) is 23.9 Å². The molecule has 1 aromatic carbocycles. The summed E-state index contributed by atoms with van der Waals surface area (Å²) in [5.41, 5.74) is 6.33. The Hall–Kier alpha value is -1.75. The standard InChI is InChI=1S/C11H12ClN3O2/c12-7-2-1-3-8(13)10(7)11(17)15-5-4-14-9(16)6-15/h1-3H,4-6,13H2,(H,14,16). The molecule has 0 aromatic heterocycles. The molecule has 1 fully saturated rings. The highest BCUT2D eigenvalue weighted by Crippen LogP contribution is 2.23. The van der Waals surface area contributed by atoms with Gasteiger partial charge < -0.3 is 16.0 Å². The van der Waals surface area contributed by atoms with Crippen molar-refractivity contribution in [1.82, 2.24) is 10.2 Å². The molecule has 0 aliphatic carbocycles. The molecule has 6 heteroatoms. The number of benzene rings is 1. The van der Waals surface area contributed by atoms with Crippen LogP contribution in [0.4, 0.5) is 5.69 Å². The second kappa shape index (κ2) is 4.63. The Morgan fingerprint density at radius 2 is 2.24 bits per heavy atom. The Morgan fingerprint density at radius 3 is 2.88 bits per heavy atom. The van der Waals surface area contributed by atoms with E-state index in [0.29, 0.717) is 23.8 Å². The third-order valence-electron chi connectivity index (χ3n) is 2.59. The van der Waals surface area contributed by atoms with Crippen LogP contribution >= 0.6 is 11.6 Å². The first kappa shape index (κ1) is 11.7. The largest absolute Gasteiger partial charge is 0.398 e. The first-order valence-electron chi connectivity index (χ1n) is 5.19. The molecule has 1 aliphatic rings. The van der Waals surface area contributed by atoms with Crippen LogP contribution in [0.25, 0.3) is 0 Å². The smallest absolute Gasteiger partial charge is 0.257 e. The van der Waals surface area contributed by atoms with Gasteiger partial charge >= 0.3 is 0 Å². The van der Waals surface area contributed by atoms with Crippen LogP contribution in [-0.4, -0.2) is 36.3 Å². The number of hydrogen-bond donors (Lipinski definition) is 2. The Kier molecular flexibility index (Phi) is 3.19. The number of nitrogens with zero attached hydrogens (tertiary/aromatic N) is 1. The molecule has 0 spiro atoms. The summed E-state index contributed by atoms with van der Waals surface area (Å²) in [7, 11) is 0. The molecule has 1 saturated heterocycles. The number of nitrogens with one attached hydrogen (secondary N) is 1. The van der Waals surface area contributed by atoms with Gasteiger partial charge in [-0.2, -0.15) is 0 Å². The van der Waals surface area contributed by atoms with Crippen molar-refractivity contribution in [1.29, 1.82) is 0 Å². The van der Waals surface area contributed by atoms with Crippen molar-refractivity contribution in [3.63, 3.8) is 0 Å². The predicted molar refractivity (Wildman–Crippen MR) is 64.8 cm³/mol. The highest BCUT2D eigenvalue weighted by molar-refractivity contribution is 6.34. The lowest BCUT2D eigenvalue weighted by atomic mass is 10.1. The van der Waals surface area contributed by atoms with Gasteiger partial charge in [-0.05, 0) is 12.1 Å². The number of carbonyl (C=O) groups excluding carboxylic acids is 2. The SMILES string of the molecule is Nc1cccc(Cl)c1C(=O)N1CCNC(=O)C1. The van der Waals surface area contributed by atoms with Crippen LogP contribution in [-0.2, 0) is 4.79 Å². The van der Waals surface area contributed by atoms with Gasteiger partial charge in [0, 0.05) is 18.8 Å². The van der Waals surface area contributed by atoms with Gasteiger partial charge in [0.25, 0.3) is 5.91 Å². The average molecular weight is 254 g/mol. The maximum absolute atomic E-state index is 12.2. The number of amides is 2. The number of rotatable bonds is 1. The second-order valence-electron chi connectivity index (χ2n) is 3.78. The number of hydrogen-bond acceptors (Lipinski definition) is 3. The Balaban J connectivity index is 2.27. The van der Waals surface area contributed by atoms with Gasteiger partial charge in [0.2, 0.25) is 5.91 Å². The summed E-state index contributed by atoms with van der Waals surface area (Å²) in [6.45, 7) is 0.966. The molecule has 0 unspecified atom stereocenters. The zero-order valence-electron chi connectivity index (χ0n) is 9.07. The van der Waals surface area contributed by atoms with E-state index in [1.807, 2.05) is 0 Å². The Labute approximate surface area is 104 Å². The van der Waals surface area contributed by atoms with Crippen LogP contribution in [0.3, 0.4) is 0 Å². The van der Waals surface area contributed by atoms with Crippen molar-refractivity contribution >= 4 is 29.1 Å². The summed E-state index contributed by atoms with van der Waals surface area (Å²) >= 11 is 5.95. The van der Waals surface area contributed by atoms with Crippen molar-refractivity contribution in [2.24, 2.45) is 0 Å². The highest BCUT2D eigenvalue weighted by Gasteiger charge is 2.25. The van der Waals surface area contributed by atoms with Crippen LogP contribution in [0.15, 0.2) is 18.2 Å².